The fraction of sp³-hybridized carbons (Fsp3) is 0.400. The van der Waals surface area contributed by atoms with Crippen LogP contribution in [0.5, 0.6) is 5.75 Å². The van der Waals surface area contributed by atoms with Crippen molar-refractivity contribution in [2.45, 2.75) is 18.2 Å². The molecule has 0 heterocycles. The van der Waals surface area contributed by atoms with Gasteiger partial charge >= 0.3 is 6.80 Å². The molecule has 0 saturated heterocycles. The molecule has 0 radical (unpaired) electrons. The normalized spacial score (nSPS) is 14.4. The molecule has 1 aromatic carbocycles. The maximum Gasteiger partial charge on any atom is 0.437 e. The molecule has 0 bridgehead atoms. The van der Waals surface area contributed by atoms with Gasteiger partial charge in [0.2, 0.25) is 0 Å². The second-order valence-corrected chi connectivity index (χ2v) is 7.89. The minimum atomic E-state index is -3.54. The highest BCUT2D eigenvalue weighted by molar-refractivity contribution is 8.54. The van der Waals surface area contributed by atoms with Gasteiger partial charge in [-0.1, -0.05) is 6.92 Å². The lowest BCUT2D eigenvalue weighted by Gasteiger charge is -2.12. The third kappa shape index (κ3) is 4.83. The van der Waals surface area contributed by atoms with E-state index < -0.39 is 6.80 Å². The molecule has 0 aliphatic heterocycles. The van der Waals surface area contributed by atoms with Gasteiger partial charge in [-0.2, -0.15) is 0 Å². The van der Waals surface area contributed by atoms with Crippen LogP contribution < -0.4 is 4.52 Å². The lowest BCUT2D eigenvalue weighted by molar-refractivity contribution is 0.402. The molecule has 0 spiro atoms. The molecule has 1 rings (SSSR count). The summed E-state index contributed by atoms with van der Waals surface area (Å²) in [6.45, 7) is -1.59. The first-order chi connectivity index (χ1) is 7.57. The summed E-state index contributed by atoms with van der Waals surface area (Å²) in [4.78, 5) is 10.6. The molecule has 1 aromatic rings. The average Bonchev–Trinajstić information content (AvgIpc) is 2.27. The fourth-order valence-corrected chi connectivity index (χ4v) is 3.92. The molecule has 0 fully saturated rings. The molecule has 0 aliphatic rings. The summed E-state index contributed by atoms with van der Waals surface area (Å²) >= 11 is 2.58. The molecule has 0 aliphatic carbocycles. The smallest absolute Gasteiger partial charge is 0.417 e. The molecule has 1 unspecified atom stereocenters. The molecule has 90 valence electrons. The van der Waals surface area contributed by atoms with Gasteiger partial charge in [0.1, 0.15) is 5.75 Å². The minimum Gasteiger partial charge on any atom is -0.417 e. The van der Waals surface area contributed by atoms with Crippen LogP contribution in [0.4, 0.5) is 0 Å². The van der Waals surface area contributed by atoms with Crippen molar-refractivity contribution in [2.24, 2.45) is 0 Å². The topological polar surface area (TPSA) is 46.5 Å². The van der Waals surface area contributed by atoms with Crippen LogP contribution in [0, 0.1) is 0 Å². The highest BCUT2D eigenvalue weighted by atomic mass is 32.7. The highest BCUT2D eigenvalue weighted by Crippen LogP contribution is 2.55. The molecule has 0 aromatic heterocycles. The lowest BCUT2D eigenvalue weighted by atomic mass is 10.3. The third-order valence-corrected chi connectivity index (χ3v) is 5.59. The molecule has 0 amide bonds. The van der Waals surface area contributed by atoms with Gasteiger partial charge in [-0.25, -0.2) is 4.57 Å². The Hall–Kier alpha value is -0.0900. The van der Waals surface area contributed by atoms with Gasteiger partial charge < -0.3 is 9.42 Å². The molecule has 1 N–H and O–H groups in total. The highest BCUT2D eigenvalue weighted by Gasteiger charge is 2.21. The zero-order chi connectivity index (χ0) is 12.0. The van der Waals surface area contributed by atoms with Crippen molar-refractivity contribution in [1.82, 2.24) is 0 Å². The summed E-state index contributed by atoms with van der Waals surface area (Å²) in [6, 6.07) is 7.15. The molecule has 0 saturated carbocycles. The second-order valence-electron chi connectivity index (χ2n) is 3.07. The number of hydrogen-bond donors (Lipinski definition) is 1. The molecular weight excluding hydrogens is 263 g/mol. The minimum absolute atomic E-state index is 0.437. The summed E-state index contributed by atoms with van der Waals surface area (Å²) < 4.78 is 16.7. The largest absolute Gasteiger partial charge is 0.437 e. The van der Waals surface area contributed by atoms with E-state index in [0.29, 0.717) is 11.5 Å². The van der Waals surface area contributed by atoms with Crippen molar-refractivity contribution in [1.29, 1.82) is 0 Å². The Morgan fingerprint density at radius 1 is 1.38 bits per heavy atom. The first-order valence-electron chi connectivity index (χ1n) is 4.88. The monoisotopic (exact) mass is 278 g/mol. The molecule has 3 nitrogen and oxygen atoms in total. The summed E-state index contributed by atoms with van der Waals surface area (Å²) in [6.07, 6.45) is 2.83. The zero-order valence-electron chi connectivity index (χ0n) is 9.25. The van der Waals surface area contributed by atoms with E-state index in [9.17, 15) is 9.46 Å². The lowest BCUT2D eigenvalue weighted by Crippen LogP contribution is -1.89. The van der Waals surface area contributed by atoms with Crippen molar-refractivity contribution < 1.29 is 14.0 Å². The van der Waals surface area contributed by atoms with E-state index in [0.717, 1.165) is 22.7 Å². The quantitative estimate of drug-likeness (QED) is 0.628. The number of thioether (sulfide) groups is 1. The van der Waals surface area contributed by atoms with E-state index in [1.165, 1.54) is 0 Å². The predicted octanol–water partition coefficient (Wildman–Crippen LogP) is 4.03. The van der Waals surface area contributed by atoms with Crippen molar-refractivity contribution in [3.8, 4) is 5.75 Å². The summed E-state index contributed by atoms with van der Waals surface area (Å²) in [5, 5.41) is 0. The second kappa shape index (κ2) is 6.60. The fourth-order valence-electron chi connectivity index (χ4n) is 1.00. The first-order valence-corrected chi connectivity index (χ1v) is 9.27. The number of benzene rings is 1. The maximum absolute atomic E-state index is 11.6. The summed E-state index contributed by atoms with van der Waals surface area (Å²) in [5.74, 6) is 1.06. The van der Waals surface area contributed by atoms with Crippen LogP contribution >= 0.6 is 29.9 Å². The van der Waals surface area contributed by atoms with Crippen LogP contribution in [0.1, 0.15) is 13.3 Å². The Balaban J connectivity index is 2.61. The number of hydrogen-bond acceptors (Lipinski definition) is 4. The van der Waals surface area contributed by atoms with Gasteiger partial charge in [-0.3, -0.25) is 0 Å². The Morgan fingerprint density at radius 3 is 2.50 bits per heavy atom. The zero-order valence-corrected chi connectivity index (χ0v) is 11.8. The van der Waals surface area contributed by atoms with Crippen molar-refractivity contribution in [3.63, 3.8) is 0 Å². The maximum atomic E-state index is 11.6. The molecule has 1 atom stereocenters. The van der Waals surface area contributed by atoms with E-state index in [1.807, 2.05) is 25.3 Å². The van der Waals surface area contributed by atoms with Crippen LogP contribution in [0.2, 0.25) is 0 Å². The van der Waals surface area contributed by atoms with Crippen LogP contribution in [0.3, 0.4) is 0 Å². The summed E-state index contributed by atoms with van der Waals surface area (Å²) in [7, 11) is 0. The van der Waals surface area contributed by atoms with Gasteiger partial charge in [0.15, 0.2) is 0 Å². The van der Waals surface area contributed by atoms with Crippen LogP contribution in [0.25, 0.3) is 0 Å². The molecule has 6 heteroatoms. The van der Waals surface area contributed by atoms with E-state index >= 15 is 0 Å². The van der Waals surface area contributed by atoms with Crippen LogP contribution in [0.15, 0.2) is 29.2 Å². The van der Waals surface area contributed by atoms with E-state index in [4.69, 9.17) is 4.52 Å². The van der Waals surface area contributed by atoms with Crippen LogP contribution in [-0.2, 0) is 4.57 Å². The van der Waals surface area contributed by atoms with Gasteiger partial charge in [0.05, 0.1) is 0 Å². The standard InChI is InChI=1S/C10H15O3PS2/c1-3-8-16-14(11,12)13-9-4-6-10(15-2)7-5-9/h4-7H,3,8H2,1-2H3,(H,11,12). The first kappa shape index (κ1) is 14.0. The van der Waals surface area contributed by atoms with Gasteiger partial charge in [-0.15, -0.1) is 11.8 Å². The molecule has 16 heavy (non-hydrogen) atoms. The van der Waals surface area contributed by atoms with Crippen molar-refractivity contribution in [3.05, 3.63) is 24.3 Å². The van der Waals surface area contributed by atoms with E-state index in [2.05, 4.69) is 0 Å². The Labute approximate surface area is 104 Å². The van der Waals surface area contributed by atoms with Crippen LogP contribution in [-0.4, -0.2) is 16.9 Å². The van der Waals surface area contributed by atoms with Crippen molar-refractivity contribution >= 4 is 29.9 Å². The average molecular weight is 278 g/mol. The summed E-state index contributed by atoms with van der Waals surface area (Å²) in [5.41, 5.74) is 0. The third-order valence-electron chi connectivity index (χ3n) is 1.74. The molecular formula is C10H15O3PS2. The Bertz CT molecular complexity index is 367. The number of rotatable bonds is 6. The Morgan fingerprint density at radius 2 is 2.00 bits per heavy atom. The van der Waals surface area contributed by atoms with E-state index in [-0.39, 0.29) is 0 Å². The Kier molecular flexibility index (Phi) is 5.76. The van der Waals surface area contributed by atoms with Gasteiger partial charge in [0.25, 0.3) is 0 Å². The van der Waals surface area contributed by atoms with Gasteiger partial charge in [0, 0.05) is 10.6 Å². The van der Waals surface area contributed by atoms with Crippen molar-refractivity contribution in [2.75, 3.05) is 12.0 Å². The van der Waals surface area contributed by atoms with Gasteiger partial charge in [-0.05, 0) is 48.3 Å². The predicted molar refractivity (Wildman–Crippen MR) is 71.4 cm³/mol. The SMILES string of the molecule is CCCSP(=O)(O)Oc1ccc(SC)cc1. The van der Waals surface area contributed by atoms with E-state index in [1.54, 1.807) is 23.9 Å².